The van der Waals surface area contributed by atoms with Crippen LogP contribution >= 0.6 is 0 Å². The van der Waals surface area contributed by atoms with E-state index in [1.807, 2.05) is 6.07 Å². The molecule has 6 nitrogen and oxygen atoms in total. The van der Waals surface area contributed by atoms with E-state index in [-0.39, 0.29) is 28.6 Å². The smallest absolute Gasteiger partial charge is 0.274 e. The van der Waals surface area contributed by atoms with Crippen LogP contribution in [0.2, 0.25) is 0 Å². The van der Waals surface area contributed by atoms with Crippen LogP contribution in [0.3, 0.4) is 0 Å². The molecule has 1 amide bonds. The van der Waals surface area contributed by atoms with E-state index in [2.05, 4.69) is 20.6 Å². The summed E-state index contributed by atoms with van der Waals surface area (Å²) in [5, 5.41) is 14.2. The van der Waals surface area contributed by atoms with Crippen molar-refractivity contribution >= 4 is 23.1 Å². The van der Waals surface area contributed by atoms with Gasteiger partial charge in [0.05, 0.1) is 16.9 Å². The van der Waals surface area contributed by atoms with Gasteiger partial charge in [-0.05, 0) is 31.2 Å². The van der Waals surface area contributed by atoms with E-state index in [1.54, 1.807) is 24.3 Å². The lowest BCUT2D eigenvalue weighted by Crippen LogP contribution is -2.16. The van der Waals surface area contributed by atoms with E-state index >= 15 is 0 Å². The van der Waals surface area contributed by atoms with Crippen LogP contribution in [0.25, 0.3) is 0 Å². The van der Waals surface area contributed by atoms with Gasteiger partial charge in [0.1, 0.15) is 23.4 Å². The van der Waals surface area contributed by atoms with Crippen LogP contribution in [0.1, 0.15) is 21.9 Å². The van der Waals surface area contributed by atoms with Crippen LogP contribution in [0.4, 0.5) is 30.4 Å². The van der Waals surface area contributed by atoms with Crippen molar-refractivity contribution in [3.8, 4) is 6.07 Å². The lowest BCUT2D eigenvalue weighted by molar-refractivity contribution is 0.102. The van der Waals surface area contributed by atoms with E-state index in [1.165, 1.54) is 13.0 Å². The Balaban J connectivity index is 1.88. The van der Waals surface area contributed by atoms with Gasteiger partial charge >= 0.3 is 0 Å². The Labute approximate surface area is 157 Å². The number of carbonyl (C=O) groups excluding carboxylic acids is 1. The zero-order chi connectivity index (χ0) is 20.3. The monoisotopic (exact) mass is 383 g/mol. The summed E-state index contributed by atoms with van der Waals surface area (Å²) < 4.78 is 40.3. The molecule has 0 atom stereocenters. The number of benzene rings is 2. The Morgan fingerprint density at radius 3 is 2.54 bits per heavy atom. The first-order chi connectivity index (χ1) is 13.4. The van der Waals surface area contributed by atoms with Gasteiger partial charge < -0.3 is 10.6 Å². The van der Waals surface area contributed by atoms with Crippen molar-refractivity contribution in [2.75, 3.05) is 10.6 Å². The molecule has 28 heavy (non-hydrogen) atoms. The Bertz CT molecular complexity index is 1110. The van der Waals surface area contributed by atoms with Crippen LogP contribution in [0.5, 0.6) is 0 Å². The van der Waals surface area contributed by atoms with E-state index < -0.39 is 23.4 Å². The average molecular weight is 383 g/mol. The summed E-state index contributed by atoms with van der Waals surface area (Å²) in [6.07, 6.45) is 0. The average Bonchev–Trinajstić information content (AvgIpc) is 2.68. The highest BCUT2D eigenvalue weighted by atomic mass is 19.2. The molecule has 9 heteroatoms. The van der Waals surface area contributed by atoms with Crippen LogP contribution in [-0.2, 0) is 0 Å². The number of amides is 1. The summed E-state index contributed by atoms with van der Waals surface area (Å²) in [7, 11) is 0. The first-order valence-corrected chi connectivity index (χ1v) is 7.95. The van der Waals surface area contributed by atoms with Crippen LogP contribution in [0.15, 0.2) is 42.5 Å². The fourth-order valence-electron chi connectivity index (χ4n) is 2.38. The third-order valence-electron chi connectivity index (χ3n) is 3.66. The minimum absolute atomic E-state index is 0.0103. The van der Waals surface area contributed by atoms with Crippen molar-refractivity contribution in [3.05, 3.63) is 77.0 Å². The van der Waals surface area contributed by atoms with Crippen molar-refractivity contribution in [2.24, 2.45) is 0 Å². The number of hydrogen-bond acceptors (Lipinski definition) is 5. The fraction of sp³-hybridized carbons (Fsp3) is 0.0526. The van der Waals surface area contributed by atoms with Crippen molar-refractivity contribution in [3.63, 3.8) is 0 Å². The molecule has 0 fully saturated rings. The summed E-state index contributed by atoms with van der Waals surface area (Å²) in [4.78, 5) is 20.5. The van der Waals surface area contributed by atoms with Gasteiger partial charge in [-0.2, -0.15) is 5.26 Å². The van der Waals surface area contributed by atoms with E-state index in [9.17, 15) is 18.0 Å². The van der Waals surface area contributed by atoms with Crippen LogP contribution < -0.4 is 10.6 Å². The van der Waals surface area contributed by atoms with Crippen LogP contribution in [-0.4, -0.2) is 15.9 Å². The zero-order valence-electron chi connectivity index (χ0n) is 14.4. The normalized spacial score (nSPS) is 10.2. The maximum Gasteiger partial charge on any atom is 0.274 e. The Kier molecular flexibility index (Phi) is 5.22. The Hall–Kier alpha value is -3.93. The Morgan fingerprint density at radius 1 is 1.04 bits per heavy atom. The summed E-state index contributed by atoms with van der Waals surface area (Å²) in [6.45, 7) is 1.51. The molecule has 140 valence electrons. The molecule has 0 aliphatic heterocycles. The van der Waals surface area contributed by atoms with Gasteiger partial charge in [-0.15, -0.1) is 0 Å². The van der Waals surface area contributed by atoms with Crippen LogP contribution in [0, 0.1) is 35.7 Å². The molecule has 0 aliphatic carbocycles. The number of aryl methyl sites for hydroxylation is 1. The topological polar surface area (TPSA) is 90.7 Å². The van der Waals surface area contributed by atoms with Gasteiger partial charge in [0, 0.05) is 6.07 Å². The zero-order valence-corrected chi connectivity index (χ0v) is 14.4. The number of aromatic nitrogens is 2. The predicted octanol–water partition coefficient (Wildman–Crippen LogP) is 4.07. The summed E-state index contributed by atoms with van der Waals surface area (Å²) in [5.41, 5.74) is 0.153. The largest absolute Gasteiger partial charge is 0.338 e. The molecule has 0 unspecified atom stereocenters. The molecular weight excluding hydrogens is 371 g/mol. The lowest BCUT2D eigenvalue weighted by Gasteiger charge is -2.11. The third kappa shape index (κ3) is 3.91. The van der Waals surface area contributed by atoms with Crippen molar-refractivity contribution in [2.45, 2.75) is 6.92 Å². The van der Waals surface area contributed by atoms with Gasteiger partial charge in [0.25, 0.3) is 5.91 Å². The fourth-order valence-corrected chi connectivity index (χ4v) is 2.38. The molecule has 0 spiro atoms. The number of nitrogens with one attached hydrogen (secondary N) is 2. The first kappa shape index (κ1) is 18.8. The molecule has 0 bridgehead atoms. The summed E-state index contributed by atoms with van der Waals surface area (Å²) in [5.74, 6) is -4.78. The van der Waals surface area contributed by atoms with Gasteiger partial charge in [0.15, 0.2) is 17.5 Å². The minimum Gasteiger partial charge on any atom is -0.338 e. The SMILES string of the molecule is Cc1nc(Nc2ccc(F)c(F)c2F)cc(C(=O)Nc2ccccc2C#N)n1. The Morgan fingerprint density at radius 2 is 1.79 bits per heavy atom. The highest BCUT2D eigenvalue weighted by Crippen LogP contribution is 2.23. The molecule has 0 saturated carbocycles. The minimum atomic E-state index is -1.62. The second-order valence-electron chi connectivity index (χ2n) is 5.65. The summed E-state index contributed by atoms with van der Waals surface area (Å²) in [6, 6.07) is 11.4. The number of halogens is 3. The quantitative estimate of drug-likeness (QED) is 0.663. The first-order valence-electron chi connectivity index (χ1n) is 7.95. The number of nitrogens with zero attached hydrogens (tertiary/aromatic N) is 3. The standard InChI is InChI=1S/C19H12F3N5O/c1-10-24-15(19(28)27-13-5-3-2-4-11(13)9-23)8-16(25-10)26-14-7-6-12(20)17(21)18(14)22/h2-8H,1H3,(H,27,28)(H,24,25,26). The second kappa shape index (κ2) is 7.75. The molecule has 1 aromatic heterocycles. The van der Waals surface area contributed by atoms with Gasteiger partial charge in [-0.25, -0.2) is 23.1 Å². The molecule has 0 radical (unpaired) electrons. The molecule has 3 aromatic rings. The van der Waals surface area contributed by atoms with Gasteiger partial charge in [-0.1, -0.05) is 12.1 Å². The number of para-hydroxylation sites is 1. The molecule has 0 aliphatic rings. The summed E-state index contributed by atoms with van der Waals surface area (Å²) >= 11 is 0. The molecule has 2 N–H and O–H groups in total. The number of carbonyl (C=O) groups is 1. The van der Waals surface area contributed by atoms with Crippen molar-refractivity contribution in [1.29, 1.82) is 5.26 Å². The van der Waals surface area contributed by atoms with E-state index in [4.69, 9.17) is 5.26 Å². The number of hydrogen-bond donors (Lipinski definition) is 2. The third-order valence-corrected chi connectivity index (χ3v) is 3.66. The van der Waals surface area contributed by atoms with Crippen molar-refractivity contribution < 1.29 is 18.0 Å². The number of nitriles is 1. The molecular formula is C19H12F3N5O. The number of rotatable bonds is 4. The molecule has 3 rings (SSSR count). The van der Waals surface area contributed by atoms with Gasteiger partial charge in [-0.3, -0.25) is 4.79 Å². The molecule has 1 heterocycles. The molecule has 0 saturated heterocycles. The van der Waals surface area contributed by atoms with E-state index in [0.717, 1.165) is 12.1 Å². The second-order valence-corrected chi connectivity index (χ2v) is 5.65. The maximum atomic E-state index is 13.8. The van der Waals surface area contributed by atoms with E-state index in [0.29, 0.717) is 5.69 Å². The maximum absolute atomic E-state index is 13.8. The van der Waals surface area contributed by atoms with Crippen molar-refractivity contribution in [1.82, 2.24) is 9.97 Å². The predicted molar refractivity (Wildman–Crippen MR) is 95.5 cm³/mol. The van der Waals surface area contributed by atoms with Gasteiger partial charge in [0.2, 0.25) is 0 Å². The number of anilines is 3. The highest BCUT2D eigenvalue weighted by molar-refractivity contribution is 6.04. The highest BCUT2D eigenvalue weighted by Gasteiger charge is 2.16. The lowest BCUT2D eigenvalue weighted by atomic mass is 10.2. The molecule has 2 aromatic carbocycles.